The van der Waals surface area contributed by atoms with Crippen LogP contribution in [0.3, 0.4) is 0 Å². The average Bonchev–Trinajstić information content (AvgIpc) is 3.22. The highest BCUT2D eigenvalue weighted by atomic mass is 32.2. The van der Waals surface area contributed by atoms with Crippen LogP contribution in [0, 0.1) is 5.82 Å². The lowest BCUT2D eigenvalue weighted by atomic mass is 9.88. The van der Waals surface area contributed by atoms with E-state index >= 15 is 4.39 Å². The minimum Gasteiger partial charge on any atom is -0.508 e. The predicted octanol–water partition coefficient (Wildman–Crippen LogP) is 6.50. The van der Waals surface area contributed by atoms with Crippen LogP contribution in [-0.4, -0.2) is 53.3 Å². The van der Waals surface area contributed by atoms with Gasteiger partial charge in [0.2, 0.25) is 0 Å². The molecule has 36 heavy (non-hydrogen) atoms. The molecule has 2 N–H and O–H groups in total. The molecule has 188 valence electrons. The van der Waals surface area contributed by atoms with E-state index in [0.717, 1.165) is 70.8 Å². The Balaban J connectivity index is 1.49. The zero-order valence-corrected chi connectivity index (χ0v) is 20.7. The number of alkyl halides is 1. The smallest absolute Gasteiger partial charge is 0.134 e. The molecule has 0 spiro atoms. The Labute approximate surface area is 214 Å². The van der Waals surface area contributed by atoms with Crippen LogP contribution >= 0.6 is 11.8 Å². The Morgan fingerprint density at radius 1 is 0.972 bits per heavy atom. The van der Waals surface area contributed by atoms with E-state index in [0.29, 0.717) is 18.4 Å². The standard InChI is InChI=1S/C29H29F2NO3S/c30-12-1-13-32-14-10-23(18-32)35-22-6-2-19(3-7-22)29-25(24-8-4-20(33)16-27(24)31)11-15-36-28-17-21(34)5-9-26(28)29/h2-9,16-17,23,33-34H,1,10-15,18H2/t23-/m0/s1. The second-order valence-corrected chi connectivity index (χ2v) is 10.3. The summed E-state index contributed by atoms with van der Waals surface area (Å²) < 4.78 is 33.7. The number of halogens is 2. The molecule has 3 aromatic carbocycles. The van der Waals surface area contributed by atoms with Gasteiger partial charge in [-0.05, 0) is 84.0 Å². The summed E-state index contributed by atoms with van der Waals surface area (Å²) in [6.07, 6.45) is 2.18. The number of thioether (sulfide) groups is 1. The van der Waals surface area contributed by atoms with Crippen molar-refractivity contribution in [3.8, 4) is 17.2 Å². The summed E-state index contributed by atoms with van der Waals surface area (Å²) in [4.78, 5) is 3.18. The summed E-state index contributed by atoms with van der Waals surface area (Å²) >= 11 is 1.63. The molecule has 5 rings (SSSR count). The first-order chi connectivity index (χ1) is 17.5. The molecule has 1 atom stereocenters. The van der Waals surface area contributed by atoms with Gasteiger partial charge in [-0.15, -0.1) is 11.8 Å². The zero-order chi connectivity index (χ0) is 25.1. The maximum absolute atomic E-state index is 15.0. The Morgan fingerprint density at radius 3 is 2.47 bits per heavy atom. The van der Waals surface area contributed by atoms with Gasteiger partial charge in [0, 0.05) is 41.9 Å². The van der Waals surface area contributed by atoms with Crippen molar-refractivity contribution in [1.29, 1.82) is 0 Å². The molecule has 0 bridgehead atoms. The van der Waals surface area contributed by atoms with Gasteiger partial charge in [0.05, 0.1) is 6.67 Å². The summed E-state index contributed by atoms with van der Waals surface area (Å²) in [6.45, 7) is 2.17. The molecule has 0 unspecified atom stereocenters. The molecule has 0 radical (unpaired) electrons. The number of nitrogens with zero attached hydrogens (tertiary/aromatic N) is 1. The number of fused-ring (bicyclic) bond motifs is 1. The third-order valence-electron chi connectivity index (χ3n) is 6.71. The van der Waals surface area contributed by atoms with E-state index in [1.807, 2.05) is 30.3 Å². The van der Waals surface area contributed by atoms with Crippen LogP contribution in [0.1, 0.15) is 36.0 Å². The molecule has 0 aromatic heterocycles. The first-order valence-corrected chi connectivity index (χ1v) is 13.2. The number of hydrogen-bond donors (Lipinski definition) is 2. The van der Waals surface area contributed by atoms with E-state index in [-0.39, 0.29) is 24.3 Å². The topological polar surface area (TPSA) is 52.9 Å². The minimum atomic E-state index is -0.465. The van der Waals surface area contributed by atoms with Gasteiger partial charge in [-0.2, -0.15) is 0 Å². The number of allylic oxidation sites excluding steroid dienone is 1. The highest BCUT2D eigenvalue weighted by Crippen LogP contribution is 2.44. The number of likely N-dealkylation sites (tertiary alicyclic amines) is 1. The Morgan fingerprint density at radius 2 is 1.72 bits per heavy atom. The minimum absolute atomic E-state index is 0.0781. The fourth-order valence-electron chi connectivity index (χ4n) is 5.01. The highest BCUT2D eigenvalue weighted by molar-refractivity contribution is 7.99. The van der Waals surface area contributed by atoms with Crippen LogP contribution in [0.25, 0.3) is 11.1 Å². The van der Waals surface area contributed by atoms with E-state index in [4.69, 9.17) is 4.74 Å². The predicted molar refractivity (Wildman–Crippen MR) is 140 cm³/mol. The lowest BCUT2D eigenvalue weighted by Crippen LogP contribution is -2.26. The summed E-state index contributed by atoms with van der Waals surface area (Å²) in [5.74, 6) is 1.12. The van der Waals surface area contributed by atoms with Gasteiger partial charge in [0.15, 0.2) is 0 Å². The zero-order valence-electron chi connectivity index (χ0n) is 19.9. The largest absolute Gasteiger partial charge is 0.508 e. The van der Waals surface area contributed by atoms with Crippen molar-refractivity contribution in [2.75, 3.05) is 32.1 Å². The number of benzene rings is 3. The quantitative estimate of drug-likeness (QED) is 0.381. The average molecular weight is 510 g/mol. The third kappa shape index (κ3) is 5.37. The van der Waals surface area contributed by atoms with Crippen LogP contribution in [0.5, 0.6) is 17.2 Å². The van der Waals surface area contributed by atoms with Crippen molar-refractivity contribution in [2.45, 2.75) is 30.3 Å². The second kappa shape index (κ2) is 10.9. The SMILES string of the molecule is Oc1ccc(C2=C(c3ccc(O[C@H]4CCN(CCCF)C4)cc3)c3ccc(O)cc3SCC2)c(F)c1. The summed E-state index contributed by atoms with van der Waals surface area (Å²) in [5.41, 5.74) is 4.09. The second-order valence-electron chi connectivity index (χ2n) is 9.19. The van der Waals surface area contributed by atoms with Gasteiger partial charge in [0.25, 0.3) is 0 Å². The monoisotopic (exact) mass is 509 g/mol. The first-order valence-electron chi connectivity index (χ1n) is 12.3. The van der Waals surface area contributed by atoms with Crippen molar-refractivity contribution in [1.82, 2.24) is 4.90 Å². The van der Waals surface area contributed by atoms with Crippen LogP contribution in [0.2, 0.25) is 0 Å². The molecule has 1 fully saturated rings. The van der Waals surface area contributed by atoms with E-state index in [2.05, 4.69) is 4.90 Å². The Kier molecular flexibility index (Phi) is 7.48. The van der Waals surface area contributed by atoms with E-state index < -0.39 is 5.82 Å². The first kappa shape index (κ1) is 24.7. The maximum atomic E-state index is 15.0. The lowest BCUT2D eigenvalue weighted by Gasteiger charge is -2.18. The van der Waals surface area contributed by atoms with Gasteiger partial charge >= 0.3 is 0 Å². The highest BCUT2D eigenvalue weighted by Gasteiger charge is 2.25. The molecule has 7 heteroatoms. The van der Waals surface area contributed by atoms with Gasteiger partial charge in [-0.1, -0.05) is 12.1 Å². The van der Waals surface area contributed by atoms with Crippen molar-refractivity contribution in [3.05, 3.63) is 83.2 Å². The van der Waals surface area contributed by atoms with E-state index in [1.54, 1.807) is 30.0 Å². The van der Waals surface area contributed by atoms with E-state index in [1.165, 1.54) is 6.07 Å². The molecule has 1 saturated heterocycles. The number of rotatable bonds is 7. The third-order valence-corrected chi connectivity index (χ3v) is 7.76. The molecular formula is C29H29F2NO3S. The Bertz CT molecular complexity index is 1260. The van der Waals surface area contributed by atoms with Gasteiger partial charge in [-0.3, -0.25) is 9.29 Å². The number of ether oxygens (including phenoxy) is 1. The number of phenols is 2. The fraction of sp³-hybridized carbons (Fsp3) is 0.310. The van der Waals surface area contributed by atoms with Crippen LogP contribution in [0.15, 0.2) is 65.6 Å². The molecule has 2 heterocycles. The summed E-state index contributed by atoms with van der Waals surface area (Å²) in [5, 5.41) is 19.8. The summed E-state index contributed by atoms with van der Waals surface area (Å²) in [7, 11) is 0. The maximum Gasteiger partial charge on any atom is 0.134 e. The number of aromatic hydroxyl groups is 2. The molecule has 2 aliphatic heterocycles. The van der Waals surface area contributed by atoms with Crippen LogP contribution in [0.4, 0.5) is 8.78 Å². The van der Waals surface area contributed by atoms with Crippen molar-refractivity contribution < 1.29 is 23.7 Å². The molecule has 3 aromatic rings. The fourth-order valence-corrected chi connectivity index (χ4v) is 6.06. The number of phenolic OH excluding ortho intramolecular Hbond substituents is 2. The molecule has 0 saturated carbocycles. The van der Waals surface area contributed by atoms with Crippen molar-refractivity contribution >= 4 is 22.9 Å². The van der Waals surface area contributed by atoms with Crippen LogP contribution in [-0.2, 0) is 0 Å². The van der Waals surface area contributed by atoms with E-state index in [9.17, 15) is 14.6 Å². The van der Waals surface area contributed by atoms with Crippen molar-refractivity contribution in [3.63, 3.8) is 0 Å². The molecular weight excluding hydrogens is 480 g/mol. The molecule has 4 nitrogen and oxygen atoms in total. The van der Waals surface area contributed by atoms with Gasteiger partial charge < -0.3 is 14.9 Å². The molecule has 0 amide bonds. The van der Waals surface area contributed by atoms with Crippen LogP contribution < -0.4 is 4.74 Å². The van der Waals surface area contributed by atoms with Gasteiger partial charge in [-0.25, -0.2) is 4.39 Å². The lowest BCUT2D eigenvalue weighted by molar-refractivity contribution is 0.198. The molecule has 2 aliphatic rings. The number of hydrogen-bond acceptors (Lipinski definition) is 5. The van der Waals surface area contributed by atoms with Gasteiger partial charge in [0.1, 0.15) is 29.2 Å². The summed E-state index contributed by atoms with van der Waals surface area (Å²) in [6, 6.07) is 17.4. The normalized spacial score (nSPS) is 18.2. The molecule has 0 aliphatic carbocycles. The Hall–Kier alpha value is -3.03. The van der Waals surface area contributed by atoms with Crippen molar-refractivity contribution in [2.24, 2.45) is 0 Å².